The molecule has 0 spiro atoms. The molecule has 1 aromatic heterocycles. The molecule has 4 rings (SSSR count). The smallest absolute Gasteiger partial charge is 0.369 e. The third-order valence-electron chi connectivity index (χ3n) is 6.06. The first-order valence-corrected chi connectivity index (χ1v) is 11.1. The maximum atomic E-state index is 15.4. The zero-order chi connectivity index (χ0) is 26.1. The second kappa shape index (κ2) is 9.79. The summed E-state index contributed by atoms with van der Waals surface area (Å²) >= 11 is 0. The Morgan fingerprint density at radius 2 is 1.64 bits per heavy atom. The summed E-state index contributed by atoms with van der Waals surface area (Å²) in [6.07, 6.45) is -3.51. The molecule has 1 atom stereocenters. The van der Waals surface area contributed by atoms with Gasteiger partial charge >= 0.3 is 6.18 Å². The Morgan fingerprint density at radius 1 is 1.00 bits per heavy atom. The Hall–Kier alpha value is -3.63. The minimum absolute atomic E-state index is 0.0302. The first-order chi connectivity index (χ1) is 16.9. The van der Waals surface area contributed by atoms with Crippen molar-refractivity contribution >= 4 is 11.7 Å². The molecule has 1 aliphatic rings. The summed E-state index contributed by atoms with van der Waals surface area (Å²) < 4.78 is 82.9. The van der Waals surface area contributed by atoms with Crippen LogP contribution in [0.5, 0.6) is 0 Å². The molecule has 2 aromatic carbocycles. The zero-order valence-corrected chi connectivity index (χ0v) is 18.9. The van der Waals surface area contributed by atoms with Crippen molar-refractivity contribution in [2.75, 3.05) is 11.4 Å². The van der Waals surface area contributed by atoms with Gasteiger partial charge in [-0.15, -0.1) is 0 Å². The van der Waals surface area contributed by atoms with Crippen LogP contribution in [-0.4, -0.2) is 28.3 Å². The molecule has 1 saturated heterocycles. The Balaban J connectivity index is 1.55. The SMILES string of the molecule is NC(=O)Cc1ccc(CCc2ncnc(N3CC(F)(F)CC3c3ccc(C(F)(F)F)cc3)c2F)cc1. The topological polar surface area (TPSA) is 72.1 Å². The highest BCUT2D eigenvalue weighted by molar-refractivity contribution is 5.76. The number of hydrogen-bond acceptors (Lipinski definition) is 4. The van der Waals surface area contributed by atoms with Crippen molar-refractivity contribution in [2.24, 2.45) is 5.73 Å². The third kappa shape index (κ3) is 5.77. The lowest BCUT2D eigenvalue weighted by molar-refractivity contribution is -0.137. The van der Waals surface area contributed by atoms with Crippen LogP contribution in [-0.2, 0) is 30.2 Å². The van der Waals surface area contributed by atoms with E-state index in [1.165, 1.54) is 0 Å². The molecule has 1 aliphatic heterocycles. The third-order valence-corrected chi connectivity index (χ3v) is 6.06. The molecule has 5 nitrogen and oxygen atoms in total. The summed E-state index contributed by atoms with van der Waals surface area (Å²) in [6, 6.07) is 9.87. The van der Waals surface area contributed by atoms with Crippen molar-refractivity contribution in [3.63, 3.8) is 0 Å². The highest BCUT2D eigenvalue weighted by Gasteiger charge is 2.47. The minimum atomic E-state index is -4.56. The van der Waals surface area contributed by atoms with E-state index in [1.54, 1.807) is 24.3 Å². The maximum absolute atomic E-state index is 15.4. The molecule has 1 amide bonds. The molecule has 1 fully saturated rings. The van der Waals surface area contributed by atoms with Crippen molar-refractivity contribution in [3.8, 4) is 0 Å². The minimum Gasteiger partial charge on any atom is -0.369 e. The van der Waals surface area contributed by atoms with E-state index in [9.17, 15) is 26.7 Å². The molecule has 11 heteroatoms. The Bertz CT molecular complexity index is 1230. The number of aryl methyl sites for hydroxylation is 2. The number of benzene rings is 2. The molecule has 190 valence electrons. The molecule has 2 heterocycles. The van der Waals surface area contributed by atoms with Crippen LogP contribution < -0.4 is 10.6 Å². The summed E-state index contributed by atoms with van der Waals surface area (Å²) in [5.74, 6) is -4.81. The number of alkyl halides is 5. The van der Waals surface area contributed by atoms with E-state index in [0.717, 1.165) is 46.6 Å². The number of amides is 1. The fraction of sp³-hybridized carbons (Fsp3) is 0.320. The number of carbonyl (C=O) groups is 1. The first kappa shape index (κ1) is 25.5. The van der Waals surface area contributed by atoms with Crippen molar-refractivity contribution in [2.45, 2.75) is 43.8 Å². The fourth-order valence-electron chi connectivity index (χ4n) is 4.29. The lowest BCUT2D eigenvalue weighted by Gasteiger charge is -2.26. The molecule has 0 aliphatic carbocycles. The normalized spacial score (nSPS) is 17.4. The second-order valence-electron chi connectivity index (χ2n) is 8.74. The van der Waals surface area contributed by atoms with Gasteiger partial charge in [0.25, 0.3) is 5.92 Å². The van der Waals surface area contributed by atoms with Crippen LogP contribution >= 0.6 is 0 Å². The number of halogens is 6. The van der Waals surface area contributed by atoms with E-state index >= 15 is 4.39 Å². The van der Waals surface area contributed by atoms with Gasteiger partial charge in [-0.1, -0.05) is 36.4 Å². The molecule has 0 radical (unpaired) electrons. The quantitative estimate of drug-likeness (QED) is 0.455. The summed E-state index contributed by atoms with van der Waals surface area (Å²) in [4.78, 5) is 20.0. The molecule has 0 bridgehead atoms. The number of anilines is 1. The lowest BCUT2D eigenvalue weighted by atomic mass is 10.0. The van der Waals surface area contributed by atoms with Gasteiger partial charge in [0.2, 0.25) is 5.91 Å². The molecule has 0 saturated carbocycles. The number of nitrogens with two attached hydrogens (primary N) is 1. The fourth-order valence-corrected chi connectivity index (χ4v) is 4.29. The standard InChI is InChI=1S/C25H22F6N4O/c26-22-19(10-5-15-1-3-16(4-2-15)11-21(32)36)33-14-34-23(22)35-13-24(27,28)12-20(35)17-6-8-18(9-7-17)25(29,30)31/h1-4,6-9,14,20H,5,10-13H2,(H2,32,36). The number of hydrogen-bond donors (Lipinski definition) is 1. The Labute approximate surface area is 203 Å². The van der Waals surface area contributed by atoms with E-state index in [4.69, 9.17) is 5.73 Å². The van der Waals surface area contributed by atoms with E-state index in [1.807, 2.05) is 0 Å². The predicted molar refractivity (Wildman–Crippen MR) is 120 cm³/mol. The van der Waals surface area contributed by atoms with Crippen LogP contribution in [0.1, 0.15) is 40.4 Å². The van der Waals surface area contributed by atoms with Crippen LogP contribution in [0.3, 0.4) is 0 Å². The van der Waals surface area contributed by atoms with Crippen LogP contribution in [0, 0.1) is 5.82 Å². The highest BCUT2D eigenvalue weighted by Crippen LogP contribution is 2.44. The van der Waals surface area contributed by atoms with Gasteiger partial charge in [0.15, 0.2) is 11.6 Å². The summed E-state index contributed by atoms with van der Waals surface area (Å²) in [5, 5.41) is 0. The van der Waals surface area contributed by atoms with E-state index in [-0.39, 0.29) is 29.9 Å². The Kier molecular flexibility index (Phi) is 6.92. The van der Waals surface area contributed by atoms with Gasteiger partial charge in [0.05, 0.1) is 30.3 Å². The highest BCUT2D eigenvalue weighted by atomic mass is 19.4. The van der Waals surface area contributed by atoms with Crippen LogP contribution in [0.25, 0.3) is 0 Å². The number of rotatable bonds is 7. The van der Waals surface area contributed by atoms with Crippen molar-refractivity contribution < 1.29 is 31.1 Å². The van der Waals surface area contributed by atoms with Crippen LogP contribution in [0.15, 0.2) is 54.9 Å². The average Bonchev–Trinajstić information content (AvgIpc) is 3.13. The van der Waals surface area contributed by atoms with E-state index < -0.39 is 48.4 Å². The average molecular weight is 508 g/mol. The van der Waals surface area contributed by atoms with Gasteiger partial charge in [-0.2, -0.15) is 13.2 Å². The number of nitrogens with zero attached hydrogens (tertiary/aromatic N) is 3. The van der Waals surface area contributed by atoms with E-state index in [2.05, 4.69) is 9.97 Å². The van der Waals surface area contributed by atoms with Gasteiger partial charge in [-0.05, 0) is 41.7 Å². The molecular weight excluding hydrogens is 486 g/mol. The monoisotopic (exact) mass is 508 g/mol. The first-order valence-electron chi connectivity index (χ1n) is 11.1. The van der Waals surface area contributed by atoms with Gasteiger partial charge in [-0.25, -0.2) is 23.1 Å². The van der Waals surface area contributed by atoms with Gasteiger partial charge < -0.3 is 10.6 Å². The molecule has 36 heavy (non-hydrogen) atoms. The zero-order valence-electron chi connectivity index (χ0n) is 18.9. The number of carbonyl (C=O) groups excluding carboxylic acids is 1. The van der Waals surface area contributed by atoms with Gasteiger partial charge in [0.1, 0.15) is 6.33 Å². The number of primary amides is 1. The van der Waals surface area contributed by atoms with Crippen LogP contribution in [0.4, 0.5) is 32.2 Å². The van der Waals surface area contributed by atoms with Gasteiger partial charge in [0, 0.05) is 6.42 Å². The molecule has 1 unspecified atom stereocenters. The largest absolute Gasteiger partial charge is 0.416 e. The molecule has 3 aromatic rings. The molecular formula is C25H22F6N4O. The van der Waals surface area contributed by atoms with Crippen molar-refractivity contribution in [3.05, 3.63) is 88.6 Å². The van der Waals surface area contributed by atoms with E-state index in [0.29, 0.717) is 6.42 Å². The van der Waals surface area contributed by atoms with Crippen LogP contribution in [0.2, 0.25) is 0 Å². The summed E-state index contributed by atoms with van der Waals surface area (Å²) in [5.41, 5.74) is 6.10. The molecule has 2 N–H and O–H groups in total. The number of aromatic nitrogens is 2. The van der Waals surface area contributed by atoms with Crippen molar-refractivity contribution in [1.29, 1.82) is 0 Å². The lowest BCUT2D eigenvalue weighted by Crippen LogP contribution is -2.28. The van der Waals surface area contributed by atoms with Gasteiger partial charge in [-0.3, -0.25) is 4.79 Å². The summed E-state index contributed by atoms with van der Waals surface area (Å²) in [7, 11) is 0. The predicted octanol–water partition coefficient (Wildman–Crippen LogP) is 5.03. The summed E-state index contributed by atoms with van der Waals surface area (Å²) in [6.45, 7) is -0.826. The maximum Gasteiger partial charge on any atom is 0.416 e. The van der Waals surface area contributed by atoms with Crippen molar-refractivity contribution in [1.82, 2.24) is 9.97 Å². The Morgan fingerprint density at radius 3 is 2.25 bits per heavy atom. The second-order valence-corrected chi connectivity index (χ2v) is 8.74.